The number of alkyl halides is 2. The third-order valence-electron chi connectivity index (χ3n) is 2.28. The molecule has 1 amide bonds. The van der Waals surface area contributed by atoms with E-state index in [1.165, 1.54) is 0 Å². The van der Waals surface area contributed by atoms with Gasteiger partial charge in [-0.2, -0.15) is 8.78 Å². The molecule has 1 N–H and O–H groups in total. The fraction of sp³-hybridized carbons (Fsp3) is 0.778. The van der Waals surface area contributed by atoms with Crippen molar-refractivity contribution in [3.8, 4) is 0 Å². The number of carbonyl (C=O) groups excluding carboxylic acids is 2. The molecular weight excluding hydrogens is 192 g/mol. The van der Waals surface area contributed by atoms with Crippen molar-refractivity contribution in [3.63, 3.8) is 0 Å². The molecule has 0 saturated heterocycles. The lowest BCUT2D eigenvalue weighted by atomic mass is 9.94. The van der Waals surface area contributed by atoms with E-state index in [4.69, 9.17) is 0 Å². The van der Waals surface area contributed by atoms with E-state index in [9.17, 15) is 18.4 Å². The molecule has 0 aromatic heterocycles. The lowest BCUT2D eigenvalue weighted by molar-refractivity contribution is -0.144. The lowest BCUT2D eigenvalue weighted by Crippen LogP contribution is -2.45. The molecule has 1 fully saturated rings. The Balaban J connectivity index is 2.38. The molecule has 80 valence electrons. The zero-order valence-corrected chi connectivity index (χ0v) is 7.98. The molecule has 0 unspecified atom stereocenters. The molecule has 3 nitrogen and oxygen atoms in total. The van der Waals surface area contributed by atoms with Crippen molar-refractivity contribution in [1.82, 2.24) is 5.32 Å². The summed E-state index contributed by atoms with van der Waals surface area (Å²) in [4.78, 5) is 21.7. The minimum absolute atomic E-state index is 0.138. The summed E-state index contributed by atoms with van der Waals surface area (Å²) < 4.78 is 24.9. The summed E-state index contributed by atoms with van der Waals surface area (Å²) in [5, 5.41) is 2.24. The van der Waals surface area contributed by atoms with Crippen LogP contribution in [0.3, 0.4) is 0 Å². The summed E-state index contributed by atoms with van der Waals surface area (Å²) in [6, 6.07) is -0.272. The van der Waals surface area contributed by atoms with E-state index < -0.39 is 11.8 Å². The normalized spacial score (nSPS) is 19.5. The van der Waals surface area contributed by atoms with Gasteiger partial charge in [-0.3, -0.25) is 9.59 Å². The Bertz CT molecular complexity index is 238. The van der Waals surface area contributed by atoms with Crippen LogP contribution in [0.1, 0.15) is 32.6 Å². The maximum Gasteiger partial charge on any atom is 0.321 e. The van der Waals surface area contributed by atoms with E-state index in [1.54, 1.807) is 0 Å². The highest BCUT2D eigenvalue weighted by atomic mass is 19.3. The summed E-state index contributed by atoms with van der Waals surface area (Å²) in [5.41, 5.74) is 0. The first-order chi connectivity index (χ1) is 6.39. The van der Waals surface area contributed by atoms with Gasteiger partial charge in [0.05, 0.1) is 0 Å². The number of carbonyl (C=O) groups is 2. The van der Waals surface area contributed by atoms with Crippen molar-refractivity contribution in [3.05, 3.63) is 0 Å². The molecule has 0 aliphatic heterocycles. The van der Waals surface area contributed by atoms with E-state index in [1.807, 2.05) is 0 Å². The molecule has 14 heavy (non-hydrogen) atoms. The number of hydrogen-bond donors (Lipinski definition) is 1. The van der Waals surface area contributed by atoms with Crippen molar-refractivity contribution in [2.75, 3.05) is 0 Å². The third kappa shape index (κ3) is 3.05. The van der Waals surface area contributed by atoms with E-state index >= 15 is 0 Å². The summed E-state index contributed by atoms with van der Waals surface area (Å²) in [6.07, 6.45) is 1.70. The first-order valence-electron chi connectivity index (χ1n) is 4.60. The monoisotopic (exact) mass is 205 g/mol. The fourth-order valence-electron chi connectivity index (χ4n) is 1.40. The lowest BCUT2D eigenvalue weighted by Gasteiger charge is -2.23. The van der Waals surface area contributed by atoms with Crippen molar-refractivity contribution in [2.24, 2.45) is 0 Å². The molecule has 0 aromatic carbocycles. The minimum atomic E-state index is -3.33. The van der Waals surface area contributed by atoms with Crippen LogP contribution < -0.4 is 5.32 Å². The highest BCUT2D eigenvalue weighted by Crippen LogP contribution is 2.17. The van der Waals surface area contributed by atoms with E-state index in [-0.39, 0.29) is 11.8 Å². The number of halogens is 2. The van der Waals surface area contributed by atoms with Crippen molar-refractivity contribution < 1.29 is 18.4 Å². The van der Waals surface area contributed by atoms with Crippen molar-refractivity contribution in [1.29, 1.82) is 0 Å². The smallest absolute Gasteiger partial charge is 0.321 e. The molecular formula is C9H13F2NO2. The standard InChI is InChI=1S/C9H13F2NO2/c1-9(10,11)8(14)12-6-2-4-7(13)5-3-6/h6H,2-5H2,1H3,(H,12,14). The van der Waals surface area contributed by atoms with Gasteiger partial charge >= 0.3 is 5.92 Å². The van der Waals surface area contributed by atoms with Gasteiger partial charge in [-0.1, -0.05) is 0 Å². The second-order valence-electron chi connectivity index (χ2n) is 3.67. The van der Waals surface area contributed by atoms with Gasteiger partial charge in [0.15, 0.2) is 0 Å². The maximum absolute atomic E-state index is 12.5. The van der Waals surface area contributed by atoms with Gasteiger partial charge in [-0.25, -0.2) is 0 Å². The first-order valence-corrected chi connectivity index (χ1v) is 4.60. The number of hydrogen-bond acceptors (Lipinski definition) is 2. The summed E-state index contributed by atoms with van der Waals surface area (Å²) >= 11 is 0. The summed E-state index contributed by atoms with van der Waals surface area (Å²) in [7, 11) is 0. The Labute approximate surface area is 80.9 Å². The zero-order valence-electron chi connectivity index (χ0n) is 7.98. The predicted octanol–water partition coefficient (Wildman–Crippen LogP) is 1.27. The topological polar surface area (TPSA) is 46.2 Å². The largest absolute Gasteiger partial charge is 0.348 e. The number of nitrogens with one attached hydrogen (secondary N) is 1. The molecule has 0 bridgehead atoms. The van der Waals surface area contributed by atoms with Gasteiger partial charge in [-0.15, -0.1) is 0 Å². The van der Waals surface area contributed by atoms with Crippen molar-refractivity contribution in [2.45, 2.75) is 44.6 Å². The van der Waals surface area contributed by atoms with Gasteiger partial charge in [0.25, 0.3) is 5.91 Å². The van der Waals surface area contributed by atoms with Crippen LogP contribution in [0.4, 0.5) is 8.78 Å². The molecule has 1 rings (SSSR count). The summed E-state index contributed by atoms with van der Waals surface area (Å²) in [6.45, 7) is 0.566. The molecule has 0 radical (unpaired) electrons. The van der Waals surface area contributed by atoms with Crippen molar-refractivity contribution >= 4 is 11.7 Å². The Kier molecular flexibility index (Phi) is 3.18. The molecule has 1 saturated carbocycles. The molecule has 0 heterocycles. The van der Waals surface area contributed by atoms with Crippen LogP contribution in [0.15, 0.2) is 0 Å². The predicted molar refractivity (Wildman–Crippen MR) is 46.0 cm³/mol. The number of Topliss-reactive ketones (excluding diaryl/α,β-unsaturated/α-hetero) is 1. The second kappa shape index (κ2) is 4.02. The molecule has 0 aromatic rings. The SMILES string of the molecule is CC(F)(F)C(=O)NC1CCC(=O)CC1. The van der Waals surface area contributed by atoms with Gasteiger partial charge in [0, 0.05) is 25.8 Å². The van der Waals surface area contributed by atoms with Crippen LogP contribution in [0.25, 0.3) is 0 Å². The Morgan fingerprint density at radius 2 is 1.93 bits per heavy atom. The van der Waals surface area contributed by atoms with E-state index in [0.717, 1.165) is 0 Å². The van der Waals surface area contributed by atoms with Crippen LogP contribution in [0.2, 0.25) is 0 Å². The third-order valence-corrected chi connectivity index (χ3v) is 2.28. The van der Waals surface area contributed by atoms with Crippen LogP contribution in [0.5, 0.6) is 0 Å². The van der Waals surface area contributed by atoms with Gasteiger partial charge in [0.2, 0.25) is 0 Å². The van der Waals surface area contributed by atoms with E-state index in [2.05, 4.69) is 5.32 Å². The van der Waals surface area contributed by atoms with Gasteiger partial charge in [-0.05, 0) is 12.8 Å². The highest BCUT2D eigenvalue weighted by molar-refractivity contribution is 5.84. The average Bonchev–Trinajstić information content (AvgIpc) is 2.07. The Morgan fingerprint density at radius 1 is 1.43 bits per heavy atom. The minimum Gasteiger partial charge on any atom is -0.348 e. The van der Waals surface area contributed by atoms with Crippen LogP contribution in [-0.4, -0.2) is 23.7 Å². The van der Waals surface area contributed by atoms with Crippen LogP contribution >= 0.6 is 0 Å². The van der Waals surface area contributed by atoms with E-state index in [0.29, 0.717) is 32.6 Å². The highest BCUT2D eigenvalue weighted by Gasteiger charge is 2.34. The number of amides is 1. The van der Waals surface area contributed by atoms with Gasteiger partial charge in [0.1, 0.15) is 5.78 Å². The average molecular weight is 205 g/mol. The van der Waals surface area contributed by atoms with Crippen LogP contribution in [-0.2, 0) is 9.59 Å². The van der Waals surface area contributed by atoms with Gasteiger partial charge < -0.3 is 5.32 Å². The molecule has 0 spiro atoms. The fourth-order valence-corrected chi connectivity index (χ4v) is 1.40. The molecule has 1 aliphatic carbocycles. The number of ketones is 1. The van der Waals surface area contributed by atoms with Crippen LogP contribution in [0, 0.1) is 0 Å². The Morgan fingerprint density at radius 3 is 2.36 bits per heavy atom. The molecule has 5 heteroatoms. The second-order valence-corrected chi connectivity index (χ2v) is 3.67. The quantitative estimate of drug-likeness (QED) is 0.737. The zero-order chi connectivity index (χ0) is 10.8. The first kappa shape index (κ1) is 11.1. The summed E-state index contributed by atoms with van der Waals surface area (Å²) in [5.74, 6) is -4.45. The maximum atomic E-state index is 12.5. The number of rotatable bonds is 2. The molecule has 0 atom stereocenters. The molecule has 1 aliphatic rings. The Hall–Kier alpha value is -1.00.